The highest BCUT2D eigenvalue weighted by Crippen LogP contribution is 2.44. The first-order valence-electron chi connectivity index (χ1n) is 7.03. The van der Waals surface area contributed by atoms with Crippen LogP contribution in [0, 0.1) is 0 Å². The summed E-state index contributed by atoms with van der Waals surface area (Å²) in [6.07, 6.45) is -4.63. The third kappa shape index (κ3) is 3.05. The number of anilines is 1. The van der Waals surface area contributed by atoms with Crippen LogP contribution in [-0.2, 0) is 4.74 Å². The van der Waals surface area contributed by atoms with Crippen molar-refractivity contribution in [1.82, 2.24) is 9.78 Å². The number of rotatable bonds is 3. The van der Waals surface area contributed by atoms with Crippen LogP contribution in [0.1, 0.15) is 40.8 Å². The molecule has 3 rings (SSSR count). The highest BCUT2D eigenvalue weighted by molar-refractivity contribution is 7.10. The quantitative estimate of drug-likeness (QED) is 0.860. The SMILES string of the molecule is CCOC(=O)c1cc2n(n1)C(C(F)(F)F)CC(c1cccs1)N2. The fourth-order valence-corrected chi connectivity index (χ4v) is 3.35. The van der Waals surface area contributed by atoms with Crippen molar-refractivity contribution in [1.29, 1.82) is 0 Å². The Labute approximate surface area is 134 Å². The van der Waals surface area contributed by atoms with Gasteiger partial charge in [-0.1, -0.05) is 6.07 Å². The lowest BCUT2D eigenvalue weighted by molar-refractivity contribution is -0.173. The number of thiophene rings is 1. The summed E-state index contributed by atoms with van der Waals surface area (Å²) in [5.74, 6) is -0.565. The van der Waals surface area contributed by atoms with Crippen molar-refractivity contribution < 1.29 is 22.7 Å². The lowest BCUT2D eigenvalue weighted by Crippen LogP contribution is -2.35. The van der Waals surface area contributed by atoms with E-state index in [9.17, 15) is 18.0 Å². The first-order chi connectivity index (χ1) is 10.9. The number of hydrogen-bond acceptors (Lipinski definition) is 5. The summed E-state index contributed by atoms with van der Waals surface area (Å²) in [7, 11) is 0. The van der Waals surface area contributed by atoms with Gasteiger partial charge in [0.05, 0.1) is 12.6 Å². The first-order valence-corrected chi connectivity index (χ1v) is 7.91. The van der Waals surface area contributed by atoms with Crippen LogP contribution in [0.4, 0.5) is 19.0 Å². The first kappa shape index (κ1) is 15.9. The summed E-state index contributed by atoms with van der Waals surface area (Å²) < 4.78 is 45.8. The number of carbonyl (C=O) groups excluding carboxylic acids is 1. The third-order valence-electron chi connectivity index (χ3n) is 3.56. The van der Waals surface area contributed by atoms with Crippen molar-refractivity contribution >= 4 is 23.1 Å². The molecule has 3 heterocycles. The van der Waals surface area contributed by atoms with Crippen LogP contribution < -0.4 is 5.32 Å². The van der Waals surface area contributed by atoms with E-state index in [0.717, 1.165) is 9.56 Å². The Morgan fingerprint density at radius 2 is 2.35 bits per heavy atom. The Hall–Kier alpha value is -2.03. The van der Waals surface area contributed by atoms with Crippen molar-refractivity contribution in [3.8, 4) is 0 Å². The lowest BCUT2D eigenvalue weighted by Gasteiger charge is -2.32. The van der Waals surface area contributed by atoms with E-state index in [1.54, 1.807) is 19.1 Å². The van der Waals surface area contributed by atoms with Gasteiger partial charge in [-0.05, 0) is 18.4 Å². The smallest absolute Gasteiger partial charge is 0.410 e. The highest BCUT2D eigenvalue weighted by Gasteiger charge is 2.47. The zero-order valence-electron chi connectivity index (χ0n) is 12.1. The second kappa shape index (κ2) is 5.88. The Morgan fingerprint density at radius 3 is 2.96 bits per heavy atom. The molecule has 1 aliphatic rings. The standard InChI is InChI=1S/C14H14F3N3O2S/c1-2-22-13(21)9-7-12-18-8(10-4-3-5-23-10)6-11(14(15,16)17)20(12)19-9/h3-5,7-8,11,18H,2,6H2,1H3. The van der Waals surface area contributed by atoms with Gasteiger partial charge in [0.15, 0.2) is 11.7 Å². The molecule has 0 aliphatic carbocycles. The molecule has 0 saturated heterocycles. The van der Waals surface area contributed by atoms with Gasteiger partial charge < -0.3 is 10.1 Å². The number of nitrogens with one attached hydrogen (secondary N) is 1. The van der Waals surface area contributed by atoms with Crippen molar-refractivity contribution in [3.05, 3.63) is 34.2 Å². The van der Waals surface area contributed by atoms with E-state index in [0.29, 0.717) is 0 Å². The van der Waals surface area contributed by atoms with Gasteiger partial charge >= 0.3 is 12.1 Å². The summed E-state index contributed by atoms with van der Waals surface area (Å²) >= 11 is 1.39. The minimum absolute atomic E-state index is 0.129. The highest BCUT2D eigenvalue weighted by atomic mass is 32.1. The maximum absolute atomic E-state index is 13.4. The molecule has 0 radical (unpaired) electrons. The van der Waals surface area contributed by atoms with Crippen molar-refractivity contribution in [2.24, 2.45) is 0 Å². The van der Waals surface area contributed by atoms with E-state index in [-0.39, 0.29) is 24.5 Å². The van der Waals surface area contributed by atoms with Crippen LogP contribution in [0.2, 0.25) is 0 Å². The molecule has 0 saturated carbocycles. The fraction of sp³-hybridized carbons (Fsp3) is 0.429. The van der Waals surface area contributed by atoms with Crippen LogP contribution >= 0.6 is 11.3 Å². The largest absolute Gasteiger partial charge is 0.461 e. The average Bonchev–Trinajstić information content (AvgIpc) is 3.14. The Kier molecular flexibility index (Phi) is 4.05. The minimum Gasteiger partial charge on any atom is -0.461 e. The summed E-state index contributed by atoms with van der Waals surface area (Å²) in [4.78, 5) is 12.5. The number of alkyl halides is 3. The van der Waals surface area contributed by atoms with Crippen LogP contribution in [0.25, 0.3) is 0 Å². The number of esters is 1. The van der Waals surface area contributed by atoms with Gasteiger partial charge in [-0.25, -0.2) is 9.48 Å². The van der Waals surface area contributed by atoms with Gasteiger partial charge in [0, 0.05) is 17.4 Å². The normalized spacial score (nSPS) is 20.7. The monoisotopic (exact) mass is 345 g/mol. The zero-order chi connectivity index (χ0) is 16.6. The molecule has 5 nitrogen and oxygen atoms in total. The van der Waals surface area contributed by atoms with E-state index in [4.69, 9.17) is 4.74 Å². The summed E-state index contributed by atoms with van der Waals surface area (Å²) in [5, 5.41) is 8.63. The molecule has 0 fully saturated rings. The average molecular weight is 345 g/mol. The third-order valence-corrected chi connectivity index (χ3v) is 4.55. The van der Waals surface area contributed by atoms with Crippen LogP contribution in [0.5, 0.6) is 0 Å². The van der Waals surface area contributed by atoms with Gasteiger partial charge in [-0.15, -0.1) is 11.3 Å². The van der Waals surface area contributed by atoms with E-state index in [1.165, 1.54) is 17.4 Å². The molecule has 23 heavy (non-hydrogen) atoms. The number of ether oxygens (including phenoxy) is 1. The van der Waals surface area contributed by atoms with Gasteiger partial charge in [0.1, 0.15) is 5.82 Å². The van der Waals surface area contributed by atoms with Gasteiger partial charge in [-0.2, -0.15) is 18.3 Å². The molecule has 0 bridgehead atoms. The minimum atomic E-state index is -4.45. The summed E-state index contributed by atoms with van der Waals surface area (Å²) in [6, 6.07) is 2.63. The molecule has 0 spiro atoms. The van der Waals surface area contributed by atoms with Crippen molar-refractivity contribution in [3.63, 3.8) is 0 Å². The predicted molar refractivity (Wildman–Crippen MR) is 78.6 cm³/mol. The lowest BCUT2D eigenvalue weighted by atomic mass is 10.0. The molecule has 0 amide bonds. The van der Waals surface area contributed by atoms with Gasteiger partial charge in [0.25, 0.3) is 0 Å². The number of halogens is 3. The molecule has 2 aromatic rings. The number of fused-ring (bicyclic) bond motifs is 1. The van der Waals surface area contributed by atoms with Crippen molar-refractivity contribution in [2.75, 3.05) is 11.9 Å². The Balaban J connectivity index is 1.97. The second-order valence-corrected chi connectivity index (χ2v) is 6.06. The molecule has 124 valence electrons. The van der Waals surface area contributed by atoms with Crippen molar-refractivity contribution in [2.45, 2.75) is 31.6 Å². The molecule has 2 aromatic heterocycles. The molecule has 2 atom stereocenters. The summed E-state index contributed by atoms with van der Waals surface area (Å²) in [6.45, 7) is 1.76. The molecule has 0 aromatic carbocycles. The molecule has 1 N–H and O–H groups in total. The molecule has 1 aliphatic heterocycles. The summed E-state index contributed by atoms with van der Waals surface area (Å²) in [5.41, 5.74) is -0.129. The van der Waals surface area contributed by atoms with E-state index in [2.05, 4.69) is 10.4 Å². The van der Waals surface area contributed by atoms with Crippen LogP contribution in [0.15, 0.2) is 23.6 Å². The fourth-order valence-electron chi connectivity index (χ4n) is 2.55. The number of nitrogens with zero attached hydrogens (tertiary/aromatic N) is 2. The molecule has 2 unspecified atom stereocenters. The Bertz CT molecular complexity index is 697. The van der Waals surface area contributed by atoms with E-state index < -0.39 is 24.2 Å². The molecular formula is C14H14F3N3O2S. The number of carbonyl (C=O) groups is 1. The second-order valence-electron chi connectivity index (χ2n) is 5.09. The van der Waals surface area contributed by atoms with Gasteiger partial charge in [0.2, 0.25) is 0 Å². The maximum atomic E-state index is 13.4. The maximum Gasteiger partial charge on any atom is 0.410 e. The van der Waals surface area contributed by atoms with E-state index >= 15 is 0 Å². The molecular weight excluding hydrogens is 331 g/mol. The van der Waals surface area contributed by atoms with Crippen LogP contribution in [-0.4, -0.2) is 28.5 Å². The topological polar surface area (TPSA) is 56.2 Å². The number of aromatic nitrogens is 2. The Morgan fingerprint density at radius 1 is 1.57 bits per heavy atom. The van der Waals surface area contributed by atoms with Crippen LogP contribution in [0.3, 0.4) is 0 Å². The predicted octanol–water partition coefficient (Wildman–Crippen LogP) is 3.78. The number of hydrogen-bond donors (Lipinski definition) is 1. The molecule has 9 heteroatoms. The van der Waals surface area contributed by atoms with E-state index in [1.807, 2.05) is 5.38 Å². The van der Waals surface area contributed by atoms with Gasteiger partial charge in [-0.3, -0.25) is 0 Å². The zero-order valence-corrected chi connectivity index (χ0v) is 12.9.